The average molecular weight is 228 g/mol. The van der Waals surface area contributed by atoms with Gasteiger partial charge in [0.15, 0.2) is 0 Å². The molecule has 2 nitrogen and oxygen atoms in total. The fraction of sp³-hybridized carbons (Fsp3) is 1.00. The van der Waals surface area contributed by atoms with Crippen LogP contribution in [-0.4, -0.2) is 23.4 Å². The van der Waals surface area contributed by atoms with Crippen LogP contribution >= 0.6 is 0 Å². The van der Waals surface area contributed by atoms with Gasteiger partial charge in [-0.1, -0.05) is 46.0 Å². The highest BCUT2D eigenvalue weighted by Crippen LogP contribution is 2.36. The van der Waals surface area contributed by atoms with E-state index in [0.717, 1.165) is 12.3 Å². The number of rotatable bonds is 6. The summed E-state index contributed by atoms with van der Waals surface area (Å²) in [5, 5.41) is 19.0. The molecule has 1 saturated carbocycles. The third-order valence-electron chi connectivity index (χ3n) is 4.63. The molecule has 0 radical (unpaired) electrons. The molecule has 0 saturated heterocycles. The molecule has 0 aliphatic heterocycles. The van der Waals surface area contributed by atoms with E-state index < -0.39 is 0 Å². The van der Waals surface area contributed by atoms with Crippen molar-refractivity contribution < 1.29 is 10.2 Å². The number of hydrogen-bond donors (Lipinski definition) is 2. The van der Waals surface area contributed by atoms with Crippen molar-refractivity contribution in [3.63, 3.8) is 0 Å². The smallest absolute Gasteiger partial charge is 0.0511 e. The van der Waals surface area contributed by atoms with Crippen molar-refractivity contribution in [2.75, 3.05) is 13.2 Å². The molecule has 1 fully saturated rings. The van der Waals surface area contributed by atoms with Gasteiger partial charge in [0, 0.05) is 5.41 Å². The summed E-state index contributed by atoms with van der Waals surface area (Å²) in [4.78, 5) is 0. The van der Waals surface area contributed by atoms with Gasteiger partial charge >= 0.3 is 0 Å². The standard InChI is InChI=1S/C14H28O2/c1-12(2)14(10-15,11-16)9-8-13-6-4-3-5-7-13/h12-13,15-16H,3-11H2,1-2H3. The molecule has 0 aromatic carbocycles. The molecular weight excluding hydrogens is 200 g/mol. The minimum absolute atomic E-state index is 0.119. The Hall–Kier alpha value is -0.0800. The minimum atomic E-state index is -0.253. The summed E-state index contributed by atoms with van der Waals surface area (Å²) < 4.78 is 0. The fourth-order valence-electron chi connectivity index (χ4n) is 2.83. The molecule has 0 atom stereocenters. The zero-order valence-corrected chi connectivity index (χ0v) is 10.9. The molecule has 16 heavy (non-hydrogen) atoms. The third kappa shape index (κ3) is 3.46. The van der Waals surface area contributed by atoms with Gasteiger partial charge in [0.2, 0.25) is 0 Å². The van der Waals surface area contributed by atoms with Crippen LogP contribution in [0, 0.1) is 17.3 Å². The Labute approximate surface area is 100 Å². The van der Waals surface area contributed by atoms with E-state index in [1.54, 1.807) is 0 Å². The van der Waals surface area contributed by atoms with Crippen LogP contribution in [-0.2, 0) is 0 Å². The lowest BCUT2D eigenvalue weighted by Crippen LogP contribution is -2.36. The van der Waals surface area contributed by atoms with E-state index in [1.807, 2.05) is 0 Å². The Morgan fingerprint density at radius 2 is 1.62 bits per heavy atom. The van der Waals surface area contributed by atoms with Crippen LogP contribution in [0.2, 0.25) is 0 Å². The van der Waals surface area contributed by atoms with E-state index in [0.29, 0.717) is 5.92 Å². The second kappa shape index (κ2) is 6.61. The summed E-state index contributed by atoms with van der Waals surface area (Å²) in [6.45, 7) is 4.45. The summed E-state index contributed by atoms with van der Waals surface area (Å²) in [5.41, 5.74) is -0.253. The van der Waals surface area contributed by atoms with E-state index in [-0.39, 0.29) is 18.6 Å². The van der Waals surface area contributed by atoms with E-state index in [4.69, 9.17) is 0 Å². The summed E-state index contributed by atoms with van der Waals surface area (Å²) in [5.74, 6) is 1.19. The Morgan fingerprint density at radius 3 is 2.06 bits per heavy atom. The summed E-state index contributed by atoms with van der Waals surface area (Å²) in [6, 6.07) is 0. The molecule has 0 heterocycles. The molecule has 0 aromatic heterocycles. The van der Waals surface area contributed by atoms with Crippen molar-refractivity contribution in [3.8, 4) is 0 Å². The maximum absolute atomic E-state index is 9.52. The topological polar surface area (TPSA) is 40.5 Å². The monoisotopic (exact) mass is 228 g/mol. The zero-order chi connectivity index (χ0) is 12.0. The van der Waals surface area contributed by atoms with Crippen LogP contribution in [0.4, 0.5) is 0 Å². The van der Waals surface area contributed by atoms with Crippen molar-refractivity contribution in [3.05, 3.63) is 0 Å². The van der Waals surface area contributed by atoms with Crippen LogP contribution in [0.3, 0.4) is 0 Å². The highest BCUT2D eigenvalue weighted by Gasteiger charge is 2.33. The average Bonchev–Trinajstić information content (AvgIpc) is 2.32. The van der Waals surface area contributed by atoms with Gasteiger partial charge in [-0.15, -0.1) is 0 Å². The Morgan fingerprint density at radius 1 is 1.06 bits per heavy atom. The molecule has 1 aliphatic rings. The van der Waals surface area contributed by atoms with Crippen LogP contribution in [0.1, 0.15) is 58.8 Å². The van der Waals surface area contributed by atoms with Gasteiger partial charge in [-0.05, 0) is 24.7 Å². The molecule has 0 bridgehead atoms. The molecule has 0 aromatic rings. The molecule has 1 rings (SSSR count). The first-order valence-corrected chi connectivity index (χ1v) is 6.86. The van der Waals surface area contributed by atoms with Gasteiger partial charge in [-0.2, -0.15) is 0 Å². The Bertz CT molecular complexity index is 179. The first-order valence-electron chi connectivity index (χ1n) is 6.86. The molecule has 1 aliphatic carbocycles. The minimum Gasteiger partial charge on any atom is -0.396 e. The lowest BCUT2D eigenvalue weighted by molar-refractivity contribution is 0.00285. The Kier molecular flexibility index (Phi) is 5.77. The number of aliphatic hydroxyl groups is 2. The largest absolute Gasteiger partial charge is 0.396 e. The van der Waals surface area contributed by atoms with E-state index in [9.17, 15) is 10.2 Å². The van der Waals surface area contributed by atoms with E-state index in [2.05, 4.69) is 13.8 Å². The molecule has 96 valence electrons. The molecule has 2 heteroatoms. The summed E-state index contributed by atoms with van der Waals surface area (Å²) in [7, 11) is 0. The first kappa shape index (κ1) is 14.0. The Balaban J connectivity index is 2.42. The molecule has 2 N–H and O–H groups in total. The van der Waals surface area contributed by atoms with Crippen LogP contribution in [0.25, 0.3) is 0 Å². The van der Waals surface area contributed by atoms with Gasteiger partial charge in [-0.25, -0.2) is 0 Å². The van der Waals surface area contributed by atoms with Crippen molar-refractivity contribution in [2.45, 2.75) is 58.8 Å². The van der Waals surface area contributed by atoms with Gasteiger partial charge in [0.05, 0.1) is 13.2 Å². The fourth-order valence-corrected chi connectivity index (χ4v) is 2.83. The lowest BCUT2D eigenvalue weighted by Gasteiger charge is -2.36. The third-order valence-corrected chi connectivity index (χ3v) is 4.63. The van der Waals surface area contributed by atoms with Crippen LogP contribution in [0.15, 0.2) is 0 Å². The van der Waals surface area contributed by atoms with Gasteiger partial charge in [-0.3, -0.25) is 0 Å². The SMILES string of the molecule is CC(C)C(CO)(CO)CCC1CCCCC1. The van der Waals surface area contributed by atoms with Crippen LogP contribution in [0.5, 0.6) is 0 Å². The highest BCUT2D eigenvalue weighted by atomic mass is 16.3. The molecule has 0 unspecified atom stereocenters. The van der Waals surface area contributed by atoms with Crippen LogP contribution < -0.4 is 0 Å². The normalized spacial score (nSPS) is 19.3. The number of hydrogen-bond acceptors (Lipinski definition) is 2. The second-order valence-corrected chi connectivity index (χ2v) is 5.88. The predicted octanol–water partition coefficient (Wildman–Crippen LogP) is 2.97. The maximum atomic E-state index is 9.52. The second-order valence-electron chi connectivity index (χ2n) is 5.88. The zero-order valence-electron chi connectivity index (χ0n) is 10.9. The van der Waals surface area contributed by atoms with Gasteiger partial charge in [0.1, 0.15) is 0 Å². The predicted molar refractivity (Wildman–Crippen MR) is 67.3 cm³/mol. The maximum Gasteiger partial charge on any atom is 0.0511 e. The van der Waals surface area contributed by atoms with E-state index >= 15 is 0 Å². The van der Waals surface area contributed by atoms with E-state index in [1.165, 1.54) is 38.5 Å². The number of aliphatic hydroxyl groups excluding tert-OH is 2. The van der Waals surface area contributed by atoms with Crippen molar-refractivity contribution in [1.29, 1.82) is 0 Å². The lowest BCUT2D eigenvalue weighted by atomic mass is 9.72. The van der Waals surface area contributed by atoms with Crippen molar-refractivity contribution >= 4 is 0 Å². The van der Waals surface area contributed by atoms with Crippen molar-refractivity contribution in [1.82, 2.24) is 0 Å². The highest BCUT2D eigenvalue weighted by molar-refractivity contribution is 4.82. The van der Waals surface area contributed by atoms with Gasteiger partial charge in [0.25, 0.3) is 0 Å². The van der Waals surface area contributed by atoms with Gasteiger partial charge < -0.3 is 10.2 Å². The summed E-state index contributed by atoms with van der Waals surface area (Å²) >= 11 is 0. The van der Waals surface area contributed by atoms with Crippen molar-refractivity contribution in [2.24, 2.45) is 17.3 Å². The molecule has 0 spiro atoms. The summed E-state index contributed by atoms with van der Waals surface area (Å²) in [6.07, 6.45) is 9.00. The molecular formula is C14H28O2. The quantitative estimate of drug-likeness (QED) is 0.733. The molecule has 0 amide bonds. The first-order chi connectivity index (χ1) is 7.64.